The van der Waals surface area contributed by atoms with E-state index in [-0.39, 0.29) is 12.3 Å². The predicted molar refractivity (Wildman–Crippen MR) is 86.3 cm³/mol. The SMILES string of the molecule is [2H]C1=C(C(=O)OCC)[C@]([2H])(S(=O)(=O)Nc2ccc(F)cc2Cl)C([2H])([2H])CC1([2H])[2H]. The first-order valence-corrected chi connectivity index (χ1v) is 8.33. The Morgan fingerprint density at radius 2 is 2.39 bits per heavy atom. The first kappa shape index (κ1) is 11.0. The molecule has 0 radical (unpaired) electrons. The molecule has 2 rings (SSSR count). The van der Waals surface area contributed by atoms with E-state index < -0.39 is 62.9 Å². The Bertz CT molecular complexity index is 987. The largest absolute Gasteiger partial charge is 0.463 e. The number of halogens is 2. The Balaban J connectivity index is 2.74. The smallest absolute Gasteiger partial charge is 0.335 e. The van der Waals surface area contributed by atoms with Crippen LogP contribution >= 0.6 is 11.6 Å². The molecule has 1 N–H and O–H groups in total. The normalized spacial score (nSPS) is 30.0. The standard InChI is InChI=1S/C15H17ClFNO4S/c1-2-22-15(19)11-5-3-4-6-14(11)23(20,21)18-13-8-7-10(17)9-12(13)16/h5,7-9,14,18H,2-4,6H2,1H3/t14-/m1/s1/i3D2,5D,6D2,14D. The molecule has 8 heteroatoms. The zero-order valence-corrected chi connectivity index (χ0v) is 13.5. The number of sulfonamides is 1. The van der Waals surface area contributed by atoms with Crippen LogP contribution in [0.4, 0.5) is 10.1 Å². The topological polar surface area (TPSA) is 72.5 Å². The van der Waals surface area contributed by atoms with E-state index in [4.69, 9.17) is 19.8 Å². The van der Waals surface area contributed by atoms with E-state index in [9.17, 15) is 17.6 Å². The van der Waals surface area contributed by atoms with Crippen molar-refractivity contribution >= 4 is 33.3 Å². The molecule has 0 amide bonds. The Hall–Kier alpha value is -1.60. The molecule has 5 nitrogen and oxygen atoms in total. The summed E-state index contributed by atoms with van der Waals surface area (Å²) in [6.45, 7) is 1.08. The quantitative estimate of drug-likeness (QED) is 0.811. The second kappa shape index (κ2) is 7.31. The number of carbonyl (C=O) groups excluding carboxylic acids is 1. The number of anilines is 1. The zero-order valence-electron chi connectivity index (χ0n) is 17.9. The van der Waals surface area contributed by atoms with Gasteiger partial charge in [-0.3, -0.25) is 4.72 Å². The molecule has 126 valence electrons. The highest BCUT2D eigenvalue weighted by Crippen LogP contribution is 2.30. The number of rotatable bonds is 5. The third-order valence-corrected chi connectivity index (χ3v) is 4.39. The fourth-order valence-corrected chi connectivity index (χ4v) is 3.25. The van der Waals surface area contributed by atoms with Crippen molar-refractivity contribution in [3.05, 3.63) is 40.7 Å². The Morgan fingerprint density at radius 1 is 1.65 bits per heavy atom. The van der Waals surface area contributed by atoms with Crippen LogP contribution in [0.2, 0.25) is 5.02 Å². The molecule has 0 fully saturated rings. The average molecular weight is 368 g/mol. The number of hydrogen-bond donors (Lipinski definition) is 1. The number of carbonyl (C=O) groups is 1. The van der Waals surface area contributed by atoms with Gasteiger partial charge in [-0.1, -0.05) is 17.7 Å². The van der Waals surface area contributed by atoms with Gasteiger partial charge in [-0.05, 0) is 44.3 Å². The van der Waals surface area contributed by atoms with Crippen molar-refractivity contribution in [1.82, 2.24) is 0 Å². The van der Waals surface area contributed by atoms with Crippen LogP contribution in [-0.2, 0) is 19.6 Å². The molecule has 0 spiro atoms. The minimum Gasteiger partial charge on any atom is -0.463 e. The molecule has 0 aromatic heterocycles. The average Bonchev–Trinajstić information content (AvgIpc) is 2.55. The molecule has 1 aliphatic rings. The van der Waals surface area contributed by atoms with Crippen LogP contribution in [0.1, 0.15) is 34.3 Å². The predicted octanol–water partition coefficient (Wildman–Crippen LogP) is 3.26. The Kier molecular flexibility index (Phi) is 3.51. The van der Waals surface area contributed by atoms with Crippen LogP contribution in [0.25, 0.3) is 0 Å². The first-order chi connectivity index (χ1) is 13.1. The molecule has 1 aromatic carbocycles. The molecule has 0 aliphatic heterocycles. The molecular formula is C15H17ClFNO4S. The lowest BCUT2D eigenvalue weighted by Gasteiger charge is -2.24. The molecule has 0 saturated carbocycles. The van der Waals surface area contributed by atoms with Gasteiger partial charge in [-0.2, -0.15) is 0 Å². The summed E-state index contributed by atoms with van der Waals surface area (Å²) in [6, 6.07) is 1.41. The first-order valence-electron chi connectivity index (χ1n) is 9.47. The van der Waals surface area contributed by atoms with Crippen molar-refractivity contribution in [2.24, 2.45) is 0 Å². The van der Waals surface area contributed by atoms with Gasteiger partial charge in [0.1, 0.15) is 11.0 Å². The van der Waals surface area contributed by atoms with Gasteiger partial charge >= 0.3 is 5.97 Å². The summed E-state index contributed by atoms with van der Waals surface area (Å²) in [5, 5.41) is -3.84. The van der Waals surface area contributed by atoms with Gasteiger partial charge in [0.25, 0.3) is 0 Å². The second-order valence-corrected chi connectivity index (χ2v) is 6.34. The molecule has 23 heavy (non-hydrogen) atoms. The van der Waals surface area contributed by atoms with Gasteiger partial charge in [0.2, 0.25) is 10.0 Å². The van der Waals surface area contributed by atoms with Crippen LogP contribution in [-0.4, -0.2) is 26.2 Å². The van der Waals surface area contributed by atoms with E-state index in [0.717, 1.165) is 18.2 Å². The molecule has 1 atom stereocenters. The van der Waals surface area contributed by atoms with E-state index in [1.54, 1.807) is 0 Å². The van der Waals surface area contributed by atoms with Crippen molar-refractivity contribution in [3.8, 4) is 0 Å². The summed E-state index contributed by atoms with van der Waals surface area (Å²) >= 11 is 5.79. The van der Waals surface area contributed by atoms with Crippen molar-refractivity contribution in [2.75, 3.05) is 11.3 Å². The fourth-order valence-electron chi connectivity index (χ4n) is 1.75. The molecule has 0 bridgehead atoms. The third kappa shape index (κ3) is 4.23. The maximum Gasteiger partial charge on any atom is 0.335 e. The highest BCUT2D eigenvalue weighted by atomic mass is 35.5. The minimum absolute atomic E-state index is 0.283. The van der Waals surface area contributed by atoms with E-state index in [0.29, 0.717) is 0 Å². The number of ether oxygens (including phenoxy) is 1. The van der Waals surface area contributed by atoms with Crippen LogP contribution in [0.5, 0.6) is 0 Å². The van der Waals surface area contributed by atoms with Gasteiger partial charge in [-0.15, -0.1) is 0 Å². The maximum absolute atomic E-state index is 13.2. The number of allylic oxidation sites excluding steroid dienone is 1. The lowest BCUT2D eigenvalue weighted by Crippen LogP contribution is -2.34. The van der Waals surface area contributed by atoms with Gasteiger partial charge in [0.05, 0.1) is 25.6 Å². The number of nitrogens with one attached hydrogen (secondary N) is 1. The molecule has 1 aromatic rings. The summed E-state index contributed by atoms with van der Waals surface area (Å²) < 4.78 is 94.1. The number of hydrogen-bond acceptors (Lipinski definition) is 4. The summed E-state index contributed by atoms with van der Waals surface area (Å²) in [5.74, 6) is -2.28. The Labute approximate surface area is 148 Å². The monoisotopic (exact) mass is 367 g/mol. The number of benzene rings is 1. The van der Waals surface area contributed by atoms with Crippen LogP contribution in [0, 0.1) is 5.82 Å². The number of esters is 1. The maximum atomic E-state index is 13.2. The fraction of sp³-hybridized carbons (Fsp3) is 0.400. The molecule has 0 unspecified atom stereocenters. The van der Waals surface area contributed by atoms with Crippen molar-refractivity contribution in [3.63, 3.8) is 0 Å². The molecule has 1 aliphatic carbocycles. The van der Waals surface area contributed by atoms with Gasteiger partial charge in [-0.25, -0.2) is 17.6 Å². The highest BCUT2D eigenvalue weighted by molar-refractivity contribution is 7.93. The lowest BCUT2D eigenvalue weighted by atomic mass is 9.99. The summed E-state index contributed by atoms with van der Waals surface area (Å²) in [7, 11) is -5.19. The molecule has 0 saturated heterocycles. The highest BCUT2D eigenvalue weighted by Gasteiger charge is 2.35. The van der Waals surface area contributed by atoms with Crippen molar-refractivity contribution in [2.45, 2.75) is 31.3 Å². The summed E-state index contributed by atoms with van der Waals surface area (Å²) in [6.07, 6.45) is -7.05. The lowest BCUT2D eigenvalue weighted by molar-refractivity contribution is -0.138. The van der Waals surface area contributed by atoms with Crippen molar-refractivity contribution < 1.29 is 30.6 Å². The van der Waals surface area contributed by atoms with Crippen LogP contribution < -0.4 is 4.72 Å². The molecular weight excluding hydrogens is 345 g/mol. The van der Waals surface area contributed by atoms with Crippen molar-refractivity contribution in [1.29, 1.82) is 0 Å². The summed E-state index contributed by atoms with van der Waals surface area (Å²) in [5.41, 5.74) is -1.68. The minimum atomic E-state index is -5.19. The van der Waals surface area contributed by atoms with E-state index in [2.05, 4.69) is 4.74 Å². The van der Waals surface area contributed by atoms with E-state index in [1.165, 1.54) is 6.92 Å². The van der Waals surface area contributed by atoms with Gasteiger partial charge in [0, 0.05) is 5.48 Å². The third-order valence-electron chi connectivity index (χ3n) is 2.70. The Morgan fingerprint density at radius 3 is 3.04 bits per heavy atom. The van der Waals surface area contributed by atoms with Crippen LogP contribution in [0.15, 0.2) is 29.8 Å². The van der Waals surface area contributed by atoms with Gasteiger partial charge in [0.15, 0.2) is 0 Å². The van der Waals surface area contributed by atoms with Gasteiger partial charge < -0.3 is 4.74 Å². The molecule has 0 heterocycles. The van der Waals surface area contributed by atoms with E-state index in [1.807, 2.05) is 4.72 Å². The second-order valence-electron chi connectivity index (χ2n) is 4.31. The summed E-state index contributed by atoms with van der Waals surface area (Å²) in [4.78, 5) is 12.4. The zero-order chi connectivity index (χ0) is 22.4. The van der Waals surface area contributed by atoms with E-state index >= 15 is 0 Å². The van der Waals surface area contributed by atoms with Crippen LogP contribution in [0.3, 0.4) is 0 Å².